The summed E-state index contributed by atoms with van der Waals surface area (Å²) < 4.78 is 11.3. The maximum absolute atomic E-state index is 6.06. The molecule has 24 heavy (non-hydrogen) atoms. The highest BCUT2D eigenvalue weighted by Crippen LogP contribution is 2.28. The van der Waals surface area contributed by atoms with Crippen molar-refractivity contribution in [3.8, 4) is 0 Å². The summed E-state index contributed by atoms with van der Waals surface area (Å²) in [6.07, 6.45) is 2.56. The Morgan fingerprint density at radius 2 is 2.25 bits per heavy atom. The summed E-state index contributed by atoms with van der Waals surface area (Å²) in [6.45, 7) is 3.04. The summed E-state index contributed by atoms with van der Waals surface area (Å²) in [5, 5.41) is 4.06. The number of nitrogens with one attached hydrogen (secondary N) is 1. The molecule has 0 heterocycles. The van der Waals surface area contributed by atoms with Gasteiger partial charge in [0.25, 0.3) is 0 Å². The molecule has 0 radical (unpaired) electrons. The molecular weight excluding hydrogens is 326 g/mol. The van der Waals surface area contributed by atoms with Crippen molar-refractivity contribution in [3.63, 3.8) is 0 Å². The largest absolute Gasteiger partial charge is 0.379 e. The van der Waals surface area contributed by atoms with E-state index in [4.69, 9.17) is 21.1 Å². The Hall–Kier alpha value is -1.30. The lowest BCUT2D eigenvalue weighted by Crippen LogP contribution is -2.42. The molecule has 1 aromatic rings. The molecule has 0 amide bonds. The van der Waals surface area contributed by atoms with Gasteiger partial charge in [0.2, 0.25) is 0 Å². The van der Waals surface area contributed by atoms with Crippen LogP contribution < -0.4 is 5.32 Å². The molecule has 1 fully saturated rings. The molecule has 1 atom stereocenters. The number of nitrogens with zero attached hydrogens (tertiary/aromatic N) is 2. The van der Waals surface area contributed by atoms with E-state index >= 15 is 0 Å². The van der Waals surface area contributed by atoms with Gasteiger partial charge >= 0.3 is 0 Å². The number of ether oxygens (including phenoxy) is 2. The number of benzene rings is 1. The van der Waals surface area contributed by atoms with E-state index in [1.807, 2.05) is 31.3 Å². The van der Waals surface area contributed by atoms with Crippen LogP contribution in [-0.2, 0) is 9.47 Å². The normalized spacial score (nSPS) is 16.1. The van der Waals surface area contributed by atoms with Crippen molar-refractivity contribution in [2.24, 2.45) is 10.9 Å². The highest BCUT2D eigenvalue weighted by Gasteiger charge is 2.21. The molecule has 1 unspecified atom stereocenters. The van der Waals surface area contributed by atoms with Gasteiger partial charge in [0.1, 0.15) is 0 Å². The molecule has 2 rings (SSSR count). The van der Waals surface area contributed by atoms with Gasteiger partial charge in [-0.3, -0.25) is 4.99 Å². The third-order valence-corrected chi connectivity index (χ3v) is 4.38. The molecule has 0 saturated heterocycles. The van der Waals surface area contributed by atoms with Crippen LogP contribution in [0.3, 0.4) is 0 Å². The van der Waals surface area contributed by atoms with E-state index in [1.54, 1.807) is 14.2 Å². The van der Waals surface area contributed by atoms with Gasteiger partial charge in [-0.1, -0.05) is 23.7 Å². The number of guanidine groups is 1. The first kappa shape index (κ1) is 19.0. The average Bonchev–Trinajstić information content (AvgIpc) is 3.40. The zero-order valence-corrected chi connectivity index (χ0v) is 15.6. The number of rotatable bonds is 9. The molecule has 1 saturated carbocycles. The highest BCUT2D eigenvalue weighted by molar-refractivity contribution is 6.30. The smallest absolute Gasteiger partial charge is 0.193 e. The molecule has 5 nitrogen and oxygen atoms in total. The van der Waals surface area contributed by atoms with E-state index < -0.39 is 0 Å². The molecule has 0 spiro atoms. The van der Waals surface area contributed by atoms with Crippen molar-refractivity contribution in [3.05, 3.63) is 34.9 Å². The van der Waals surface area contributed by atoms with Crippen molar-refractivity contribution in [1.82, 2.24) is 10.2 Å². The second-order valence-electron chi connectivity index (χ2n) is 6.15. The monoisotopic (exact) mass is 353 g/mol. The van der Waals surface area contributed by atoms with E-state index in [2.05, 4.69) is 15.2 Å². The fraction of sp³-hybridized carbons (Fsp3) is 0.611. The molecule has 1 aliphatic rings. The van der Waals surface area contributed by atoms with Crippen molar-refractivity contribution in [1.29, 1.82) is 0 Å². The fourth-order valence-corrected chi connectivity index (χ4v) is 2.65. The summed E-state index contributed by atoms with van der Waals surface area (Å²) in [7, 11) is 5.49. The SMILES string of the molecule is CN=C(NCC(OC)c1cccc(Cl)c1)N(C)CCOCC1CC1. The zero-order chi connectivity index (χ0) is 17.4. The van der Waals surface area contributed by atoms with Crippen LogP contribution in [0.2, 0.25) is 5.02 Å². The summed E-state index contributed by atoms with van der Waals surface area (Å²) in [4.78, 5) is 6.39. The maximum atomic E-state index is 6.06. The van der Waals surface area contributed by atoms with E-state index in [0.717, 1.165) is 37.2 Å². The number of halogens is 1. The maximum Gasteiger partial charge on any atom is 0.193 e. The Morgan fingerprint density at radius 3 is 2.88 bits per heavy atom. The summed E-state index contributed by atoms with van der Waals surface area (Å²) in [6, 6.07) is 7.73. The average molecular weight is 354 g/mol. The van der Waals surface area contributed by atoms with Crippen molar-refractivity contribution < 1.29 is 9.47 Å². The lowest BCUT2D eigenvalue weighted by Gasteiger charge is -2.24. The molecule has 1 aliphatic carbocycles. The third-order valence-electron chi connectivity index (χ3n) is 4.15. The number of likely N-dealkylation sites (N-methyl/N-ethyl adjacent to an activating group) is 1. The standard InChI is InChI=1S/C18H28ClN3O2/c1-20-18(22(2)9-10-24-13-14-7-8-14)21-12-17(23-3)15-5-4-6-16(19)11-15/h4-6,11,14,17H,7-10,12-13H2,1-3H3,(H,20,21). The molecule has 1 aromatic carbocycles. The van der Waals surface area contributed by atoms with Crippen LogP contribution in [0.1, 0.15) is 24.5 Å². The minimum atomic E-state index is -0.0834. The van der Waals surface area contributed by atoms with Crippen molar-refractivity contribution in [2.75, 3.05) is 47.5 Å². The Labute approximate surface area is 150 Å². The first-order chi connectivity index (χ1) is 11.6. The lowest BCUT2D eigenvalue weighted by atomic mass is 10.1. The van der Waals surface area contributed by atoms with Gasteiger partial charge in [-0.2, -0.15) is 0 Å². The molecule has 6 heteroatoms. The molecule has 0 bridgehead atoms. The van der Waals surface area contributed by atoms with Crippen LogP contribution in [0.15, 0.2) is 29.3 Å². The predicted octanol–water partition coefficient (Wildman–Crippen LogP) is 2.96. The van der Waals surface area contributed by atoms with Crippen molar-refractivity contribution >= 4 is 17.6 Å². The Balaban J connectivity index is 1.77. The molecular formula is C18H28ClN3O2. The van der Waals surface area contributed by atoms with Crippen LogP contribution in [0.5, 0.6) is 0 Å². The topological polar surface area (TPSA) is 46.1 Å². The molecule has 0 aromatic heterocycles. The van der Waals surface area contributed by atoms with Gasteiger partial charge in [0, 0.05) is 45.9 Å². The first-order valence-electron chi connectivity index (χ1n) is 8.41. The fourth-order valence-electron chi connectivity index (χ4n) is 2.45. The van der Waals surface area contributed by atoms with E-state index in [9.17, 15) is 0 Å². The highest BCUT2D eigenvalue weighted by atomic mass is 35.5. The number of methoxy groups -OCH3 is 1. The van der Waals surface area contributed by atoms with Gasteiger partial charge in [0.05, 0.1) is 12.7 Å². The second-order valence-corrected chi connectivity index (χ2v) is 6.58. The van der Waals surface area contributed by atoms with Crippen molar-refractivity contribution in [2.45, 2.75) is 18.9 Å². The third kappa shape index (κ3) is 6.30. The van der Waals surface area contributed by atoms with Crippen LogP contribution in [0.25, 0.3) is 0 Å². The molecule has 1 N–H and O–H groups in total. The number of hydrogen-bond donors (Lipinski definition) is 1. The number of aliphatic imine (C=N–C) groups is 1. The van der Waals surface area contributed by atoms with E-state index in [-0.39, 0.29) is 6.10 Å². The lowest BCUT2D eigenvalue weighted by molar-refractivity contribution is 0.104. The first-order valence-corrected chi connectivity index (χ1v) is 8.79. The Kier molecular flexibility index (Phi) is 7.82. The van der Waals surface area contributed by atoms with E-state index in [0.29, 0.717) is 11.6 Å². The number of hydrogen-bond acceptors (Lipinski definition) is 3. The summed E-state index contributed by atoms with van der Waals surface area (Å²) in [5.74, 6) is 1.63. The predicted molar refractivity (Wildman–Crippen MR) is 98.7 cm³/mol. The van der Waals surface area contributed by atoms with Crippen LogP contribution in [0, 0.1) is 5.92 Å². The summed E-state index contributed by atoms with van der Waals surface area (Å²) >= 11 is 6.06. The van der Waals surface area contributed by atoms with Crippen LogP contribution >= 0.6 is 11.6 Å². The minimum absolute atomic E-state index is 0.0834. The quantitative estimate of drug-likeness (QED) is 0.421. The molecule has 0 aliphatic heterocycles. The van der Waals surface area contributed by atoms with Gasteiger partial charge in [-0.25, -0.2) is 0 Å². The van der Waals surface area contributed by atoms with Gasteiger partial charge in [-0.15, -0.1) is 0 Å². The van der Waals surface area contributed by atoms with Gasteiger partial charge < -0.3 is 19.7 Å². The van der Waals surface area contributed by atoms with Gasteiger partial charge in [0.15, 0.2) is 5.96 Å². The van der Waals surface area contributed by atoms with Crippen LogP contribution in [-0.4, -0.2) is 58.4 Å². The molecule has 134 valence electrons. The van der Waals surface area contributed by atoms with Crippen LogP contribution in [0.4, 0.5) is 0 Å². The second kappa shape index (κ2) is 9.87. The zero-order valence-electron chi connectivity index (χ0n) is 14.8. The Morgan fingerprint density at radius 1 is 1.46 bits per heavy atom. The van der Waals surface area contributed by atoms with E-state index in [1.165, 1.54) is 12.8 Å². The summed E-state index contributed by atoms with van der Waals surface area (Å²) in [5.41, 5.74) is 1.04. The minimum Gasteiger partial charge on any atom is -0.379 e. The van der Waals surface area contributed by atoms with Gasteiger partial charge in [-0.05, 0) is 36.5 Å². The Bertz CT molecular complexity index is 535.